The highest BCUT2D eigenvalue weighted by Crippen LogP contribution is 2.21. The van der Waals surface area contributed by atoms with Crippen LogP contribution >= 0.6 is 0 Å². The number of carbonyl (C=O) groups excluding carboxylic acids is 1. The Hall–Kier alpha value is -1.55. The molecule has 0 spiro atoms. The van der Waals surface area contributed by atoms with Crippen molar-refractivity contribution in [2.75, 3.05) is 7.11 Å². The number of hydrogen-bond acceptors (Lipinski definition) is 3. The molecule has 0 bridgehead atoms. The van der Waals surface area contributed by atoms with Gasteiger partial charge < -0.3 is 15.8 Å². The summed E-state index contributed by atoms with van der Waals surface area (Å²) in [7, 11) is 1.63. The van der Waals surface area contributed by atoms with E-state index in [2.05, 4.69) is 5.32 Å². The molecule has 0 aliphatic rings. The minimum Gasteiger partial charge on any atom is -0.497 e. The van der Waals surface area contributed by atoms with Crippen molar-refractivity contribution in [2.45, 2.75) is 46.2 Å². The third-order valence-electron chi connectivity index (χ3n) is 3.51. The van der Waals surface area contributed by atoms with Gasteiger partial charge in [-0.2, -0.15) is 0 Å². The summed E-state index contributed by atoms with van der Waals surface area (Å²) in [5.74, 6) is 0.790. The van der Waals surface area contributed by atoms with Crippen molar-refractivity contribution in [1.82, 2.24) is 5.32 Å². The Morgan fingerprint density at radius 2 is 1.85 bits per heavy atom. The monoisotopic (exact) mass is 278 g/mol. The van der Waals surface area contributed by atoms with Crippen LogP contribution in [-0.2, 0) is 4.79 Å². The first kappa shape index (κ1) is 16.5. The number of methoxy groups -OCH3 is 1. The van der Waals surface area contributed by atoms with E-state index in [9.17, 15) is 4.79 Å². The number of nitrogens with one attached hydrogen (secondary N) is 1. The van der Waals surface area contributed by atoms with Gasteiger partial charge >= 0.3 is 0 Å². The first-order valence-electron chi connectivity index (χ1n) is 6.93. The van der Waals surface area contributed by atoms with Crippen LogP contribution < -0.4 is 15.8 Å². The molecular weight excluding hydrogens is 252 g/mol. The van der Waals surface area contributed by atoms with E-state index in [4.69, 9.17) is 10.5 Å². The summed E-state index contributed by atoms with van der Waals surface area (Å²) in [6.07, 6.45) is 0.337. The number of benzene rings is 1. The summed E-state index contributed by atoms with van der Waals surface area (Å²) in [6.45, 7) is 8.08. The number of rotatable bonds is 5. The van der Waals surface area contributed by atoms with Crippen molar-refractivity contribution >= 4 is 5.91 Å². The molecule has 1 aromatic carbocycles. The van der Waals surface area contributed by atoms with Crippen LogP contribution in [0.4, 0.5) is 0 Å². The minimum absolute atomic E-state index is 0.0178. The second-order valence-corrected chi connectivity index (χ2v) is 6.24. The maximum absolute atomic E-state index is 12.0. The standard InChI is InChI=1S/C16H26N2O2/c1-11(12-6-8-13(20-5)9-7-12)18-15(19)10-14(17)16(2,3)4/h6-9,11,14H,10,17H2,1-5H3,(H,18,19)/t11-,14?/m0/s1. The van der Waals surface area contributed by atoms with Crippen LogP contribution in [-0.4, -0.2) is 19.1 Å². The van der Waals surface area contributed by atoms with Gasteiger partial charge in [-0.1, -0.05) is 32.9 Å². The van der Waals surface area contributed by atoms with Crippen LogP contribution in [0.2, 0.25) is 0 Å². The van der Waals surface area contributed by atoms with E-state index in [-0.39, 0.29) is 23.4 Å². The van der Waals surface area contributed by atoms with Gasteiger partial charge in [0.25, 0.3) is 0 Å². The molecule has 0 aliphatic heterocycles. The highest BCUT2D eigenvalue weighted by molar-refractivity contribution is 5.77. The molecule has 0 saturated heterocycles. The maximum Gasteiger partial charge on any atom is 0.222 e. The fourth-order valence-corrected chi connectivity index (χ4v) is 1.78. The number of ether oxygens (including phenoxy) is 1. The molecule has 0 saturated carbocycles. The topological polar surface area (TPSA) is 64.3 Å². The molecule has 4 nitrogen and oxygen atoms in total. The zero-order chi connectivity index (χ0) is 15.3. The number of carbonyl (C=O) groups is 1. The lowest BCUT2D eigenvalue weighted by molar-refractivity contribution is -0.122. The van der Waals surface area contributed by atoms with Gasteiger partial charge in [0.15, 0.2) is 0 Å². The molecular formula is C16H26N2O2. The van der Waals surface area contributed by atoms with Crippen LogP contribution in [0.25, 0.3) is 0 Å². The average Bonchev–Trinajstić information content (AvgIpc) is 2.37. The predicted molar refractivity (Wildman–Crippen MR) is 81.6 cm³/mol. The molecule has 1 rings (SSSR count). The number of nitrogens with two attached hydrogens (primary N) is 1. The molecule has 112 valence electrons. The van der Waals surface area contributed by atoms with Gasteiger partial charge in [0, 0.05) is 12.5 Å². The summed E-state index contributed by atoms with van der Waals surface area (Å²) >= 11 is 0. The van der Waals surface area contributed by atoms with Crippen molar-refractivity contribution in [3.05, 3.63) is 29.8 Å². The van der Waals surface area contributed by atoms with Gasteiger partial charge in [-0.05, 0) is 30.0 Å². The lowest BCUT2D eigenvalue weighted by Crippen LogP contribution is -2.40. The van der Waals surface area contributed by atoms with Crippen molar-refractivity contribution in [1.29, 1.82) is 0 Å². The van der Waals surface area contributed by atoms with E-state index < -0.39 is 0 Å². The Morgan fingerprint density at radius 1 is 1.30 bits per heavy atom. The lowest BCUT2D eigenvalue weighted by atomic mass is 9.85. The summed E-state index contributed by atoms with van der Waals surface area (Å²) in [4.78, 5) is 12.0. The van der Waals surface area contributed by atoms with Gasteiger partial charge in [0.05, 0.1) is 13.2 Å². The molecule has 0 aromatic heterocycles. The highest BCUT2D eigenvalue weighted by Gasteiger charge is 2.23. The van der Waals surface area contributed by atoms with Crippen molar-refractivity contribution < 1.29 is 9.53 Å². The van der Waals surface area contributed by atoms with Gasteiger partial charge in [-0.15, -0.1) is 0 Å². The highest BCUT2D eigenvalue weighted by atomic mass is 16.5. The van der Waals surface area contributed by atoms with Gasteiger partial charge in [0.2, 0.25) is 5.91 Å². The Morgan fingerprint density at radius 3 is 2.30 bits per heavy atom. The van der Waals surface area contributed by atoms with E-state index in [0.717, 1.165) is 11.3 Å². The molecule has 1 aromatic rings. The van der Waals surface area contributed by atoms with Crippen molar-refractivity contribution in [3.63, 3.8) is 0 Å². The summed E-state index contributed by atoms with van der Waals surface area (Å²) < 4.78 is 5.12. The number of hydrogen-bond donors (Lipinski definition) is 2. The quantitative estimate of drug-likeness (QED) is 0.870. The zero-order valence-corrected chi connectivity index (χ0v) is 13.1. The van der Waals surface area contributed by atoms with Crippen LogP contribution in [0.5, 0.6) is 5.75 Å². The van der Waals surface area contributed by atoms with Gasteiger partial charge in [-0.3, -0.25) is 4.79 Å². The average molecular weight is 278 g/mol. The SMILES string of the molecule is COc1ccc([C@H](C)NC(=O)CC(N)C(C)(C)C)cc1. The molecule has 3 N–H and O–H groups in total. The normalized spacial score (nSPS) is 14.5. The van der Waals surface area contributed by atoms with Gasteiger partial charge in [0.1, 0.15) is 5.75 Å². The molecule has 0 radical (unpaired) electrons. The van der Waals surface area contributed by atoms with Crippen LogP contribution in [0.1, 0.15) is 45.7 Å². The summed E-state index contributed by atoms with van der Waals surface area (Å²) in [5, 5.41) is 2.98. The third kappa shape index (κ3) is 4.85. The van der Waals surface area contributed by atoms with Crippen molar-refractivity contribution in [3.8, 4) is 5.75 Å². The number of amides is 1. The molecule has 0 heterocycles. The largest absolute Gasteiger partial charge is 0.497 e. The Bertz CT molecular complexity index is 435. The van der Waals surface area contributed by atoms with Crippen LogP contribution in [0.15, 0.2) is 24.3 Å². The summed E-state index contributed by atoms with van der Waals surface area (Å²) in [6, 6.07) is 7.49. The molecule has 0 fully saturated rings. The Kier molecular flexibility index (Phi) is 5.57. The van der Waals surface area contributed by atoms with Gasteiger partial charge in [-0.25, -0.2) is 0 Å². The van der Waals surface area contributed by atoms with Crippen LogP contribution in [0.3, 0.4) is 0 Å². The fraction of sp³-hybridized carbons (Fsp3) is 0.562. The maximum atomic E-state index is 12.0. The smallest absolute Gasteiger partial charge is 0.222 e. The third-order valence-corrected chi connectivity index (χ3v) is 3.51. The minimum atomic E-state index is -0.148. The first-order valence-corrected chi connectivity index (χ1v) is 6.93. The predicted octanol–water partition coefficient (Wildman–Crippen LogP) is 2.64. The van der Waals surface area contributed by atoms with E-state index in [1.54, 1.807) is 7.11 Å². The van der Waals surface area contributed by atoms with E-state index in [1.165, 1.54) is 0 Å². The molecule has 0 aliphatic carbocycles. The lowest BCUT2D eigenvalue weighted by Gasteiger charge is -2.27. The second-order valence-electron chi connectivity index (χ2n) is 6.24. The molecule has 4 heteroatoms. The van der Waals surface area contributed by atoms with Crippen LogP contribution in [0, 0.1) is 5.41 Å². The zero-order valence-electron chi connectivity index (χ0n) is 13.1. The Balaban J connectivity index is 2.56. The van der Waals surface area contributed by atoms with E-state index in [0.29, 0.717) is 6.42 Å². The molecule has 1 amide bonds. The first-order chi connectivity index (χ1) is 9.24. The van der Waals surface area contributed by atoms with Crippen molar-refractivity contribution in [2.24, 2.45) is 11.1 Å². The van der Waals surface area contributed by atoms with E-state index in [1.807, 2.05) is 52.0 Å². The molecule has 2 atom stereocenters. The molecule has 1 unspecified atom stereocenters. The molecule has 20 heavy (non-hydrogen) atoms. The fourth-order valence-electron chi connectivity index (χ4n) is 1.78. The van der Waals surface area contributed by atoms with E-state index >= 15 is 0 Å². The Labute approximate surface area is 121 Å². The second kappa shape index (κ2) is 6.75. The summed E-state index contributed by atoms with van der Waals surface area (Å²) in [5.41, 5.74) is 7.00.